The molecule has 2 aromatic rings. The number of hydrogen-bond donors (Lipinski definition) is 2. The molecule has 2 N–H and O–H groups in total. The first-order chi connectivity index (χ1) is 11.6. The minimum Gasteiger partial charge on any atom is -0.361 e. The molecule has 4 heteroatoms. The summed E-state index contributed by atoms with van der Waals surface area (Å²) in [5, 5.41) is 4.36. The average molecular weight is 327 g/mol. The summed E-state index contributed by atoms with van der Waals surface area (Å²) in [7, 11) is 0. The van der Waals surface area contributed by atoms with Gasteiger partial charge in [-0.15, -0.1) is 0 Å². The zero-order valence-electron chi connectivity index (χ0n) is 14.9. The van der Waals surface area contributed by atoms with Crippen LogP contribution in [0.4, 0.5) is 0 Å². The van der Waals surface area contributed by atoms with Gasteiger partial charge in [-0.2, -0.15) is 0 Å². The molecule has 2 heterocycles. The fraction of sp³-hybridized carbons (Fsp3) is 0.550. The maximum Gasteiger partial charge on any atom is 0.220 e. The molecule has 130 valence electrons. The van der Waals surface area contributed by atoms with Crippen molar-refractivity contribution in [2.24, 2.45) is 0 Å². The molecule has 4 nitrogen and oxygen atoms in total. The van der Waals surface area contributed by atoms with E-state index in [1.807, 2.05) is 18.3 Å². The Morgan fingerprint density at radius 2 is 1.96 bits per heavy atom. The minimum atomic E-state index is 0.0386. The normalized spacial score (nSPS) is 16.4. The molecule has 1 saturated heterocycles. The van der Waals surface area contributed by atoms with E-state index < -0.39 is 0 Å². The lowest BCUT2D eigenvalue weighted by Gasteiger charge is -2.41. The zero-order chi connectivity index (χ0) is 17.0. The molecule has 1 aromatic carbocycles. The number of aromatic amines is 1. The van der Waals surface area contributed by atoms with Crippen LogP contribution in [0, 0.1) is 0 Å². The molecule has 3 rings (SSSR count). The van der Waals surface area contributed by atoms with Crippen LogP contribution >= 0.6 is 0 Å². The largest absolute Gasteiger partial charge is 0.361 e. The van der Waals surface area contributed by atoms with E-state index in [0.717, 1.165) is 31.6 Å². The topological polar surface area (TPSA) is 48.1 Å². The first-order valence-electron chi connectivity index (χ1n) is 9.13. The number of likely N-dealkylation sites (tertiary alicyclic amines) is 1. The molecule has 1 amide bonds. The Kier molecular flexibility index (Phi) is 5.24. The van der Waals surface area contributed by atoms with Gasteiger partial charge in [-0.3, -0.25) is 9.69 Å². The van der Waals surface area contributed by atoms with Gasteiger partial charge < -0.3 is 10.3 Å². The van der Waals surface area contributed by atoms with E-state index in [2.05, 4.69) is 41.2 Å². The van der Waals surface area contributed by atoms with Crippen LogP contribution in [0.2, 0.25) is 0 Å². The molecule has 0 saturated carbocycles. The van der Waals surface area contributed by atoms with Gasteiger partial charge in [0.25, 0.3) is 0 Å². The van der Waals surface area contributed by atoms with Gasteiger partial charge in [-0.05, 0) is 57.8 Å². The van der Waals surface area contributed by atoms with Gasteiger partial charge in [0, 0.05) is 35.6 Å². The third-order valence-electron chi connectivity index (χ3n) is 5.23. The minimum absolute atomic E-state index is 0.0386. The summed E-state index contributed by atoms with van der Waals surface area (Å²) >= 11 is 0. The number of aromatic nitrogens is 1. The van der Waals surface area contributed by atoms with Crippen LogP contribution in [0.1, 0.15) is 45.1 Å². The Balaban J connectivity index is 1.49. The molecule has 0 atom stereocenters. The highest BCUT2D eigenvalue weighted by Gasteiger charge is 2.28. The van der Waals surface area contributed by atoms with Gasteiger partial charge in [0.1, 0.15) is 0 Å². The number of carbonyl (C=O) groups is 1. The molecule has 0 unspecified atom stereocenters. The monoisotopic (exact) mass is 327 g/mol. The lowest BCUT2D eigenvalue weighted by Crippen LogP contribution is -2.53. The maximum absolute atomic E-state index is 12.3. The quantitative estimate of drug-likeness (QED) is 0.853. The van der Waals surface area contributed by atoms with E-state index in [1.54, 1.807) is 0 Å². The van der Waals surface area contributed by atoms with Crippen molar-refractivity contribution in [3.63, 3.8) is 0 Å². The molecule has 0 aliphatic carbocycles. The number of H-pyrrole nitrogens is 1. The second-order valence-electron chi connectivity index (χ2n) is 7.50. The van der Waals surface area contributed by atoms with Gasteiger partial charge in [0.15, 0.2) is 0 Å². The van der Waals surface area contributed by atoms with Crippen molar-refractivity contribution < 1.29 is 4.79 Å². The SMILES string of the molecule is CC(C)(CNC(=O)CCc1c[nH]c2ccccc12)N1CCCCC1. The second-order valence-corrected chi connectivity index (χ2v) is 7.50. The number of aryl methyl sites for hydroxylation is 1. The van der Waals surface area contributed by atoms with Crippen molar-refractivity contribution in [1.82, 2.24) is 15.2 Å². The Morgan fingerprint density at radius 3 is 2.75 bits per heavy atom. The van der Waals surface area contributed by atoms with E-state index in [4.69, 9.17) is 0 Å². The van der Waals surface area contributed by atoms with Gasteiger partial charge in [0.2, 0.25) is 5.91 Å². The molecule has 1 aliphatic rings. The van der Waals surface area contributed by atoms with Crippen LogP contribution in [0.3, 0.4) is 0 Å². The number of nitrogens with zero attached hydrogens (tertiary/aromatic N) is 1. The molecular weight excluding hydrogens is 298 g/mol. The summed E-state index contributed by atoms with van der Waals surface area (Å²) in [6.45, 7) is 7.49. The number of nitrogens with one attached hydrogen (secondary N) is 2. The van der Waals surface area contributed by atoms with Gasteiger partial charge >= 0.3 is 0 Å². The number of amides is 1. The Hall–Kier alpha value is -1.81. The van der Waals surface area contributed by atoms with Gasteiger partial charge in [-0.1, -0.05) is 24.6 Å². The van der Waals surface area contributed by atoms with Crippen molar-refractivity contribution in [2.75, 3.05) is 19.6 Å². The second kappa shape index (κ2) is 7.39. The molecular formula is C20H29N3O. The average Bonchev–Trinajstić information content (AvgIpc) is 3.02. The smallest absolute Gasteiger partial charge is 0.220 e. The summed E-state index contributed by atoms with van der Waals surface area (Å²) in [5.74, 6) is 0.144. The van der Waals surface area contributed by atoms with Gasteiger partial charge in [-0.25, -0.2) is 0 Å². The summed E-state index contributed by atoms with van der Waals surface area (Å²) in [6.07, 6.45) is 7.23. The van der Waals surface area contributed by atoms with Crippen molar-refractivity contribution in [2.45, 2.75) is 51.5 Å². The highest BCUT2D eigenvalue weighted by molar-refractivity contribution is 5.84. The van der Waals surface area contributed by atoms with Crippen molar-refractivity contribution in [1.29, 1.82) is 0 Å². The number of fused-ring (bicyclic) bond motifs is 1. The number of para-hydroxylation sites is 1. The zero-order valence-corrected chi connectivity index (χ0v) is 14.9. The molecule has 0 bridgehead atoms. The summed E-state index contributed by atoms with van der Waals surface area (Å²) in [6, 6.07) is 8.25. The fourth-order valence-electron chi connectivity index (χ4n) is 3.60. The predicted octanol–water partition coefficient (Wildman–Crippen LogP) is 3.48. The summed E-state index contributed by atoms with van der Waals surface area (Å²) < 4.78 is 0. The van der Waals surface area contributed by atoms with Crippen LogP contribution in [0.5, 0.6) is 0 Å². The first-order valence-corrected chi connectivity index (χ1v) is 9.13. The van der Waals surface area contributed by atoms with Crippen molar-refractivity contribution in [3.05, 3.63) is 36.0 Å². The van der Waals surface area contributed by atoms with E-state index >= 15 is 0 Å². The van der Waals surface area contributed by atoms with Crippen LogP contribution < -0.4 is 5.32 Å². The lowest BCUT2D eigenvalue weighted by atomic mass is 9.98. The standard InChI is InChI=1S/C20H29N3O/c1-20(2,23-12-6-3-7-13-23)15-22-19(24)11-10-16-14-21-18-9-5-4-8-17(16)18/h4-5,8-9,14,21H,3,6-7,10-13,15H2,1-2H3,(H,22,24). The Labute approximate surface area is 144 Å². The van der Waals surface area contributed by atoms with Crippen molar-refractivity contribution >= 4 is 16.8 Å². The van der Waals surface area contributed by atoms with Crippen LogP contribution in [0.25, 0.3) is 10.9 Å². The third-order valence-corrected chi connectivity index (χ3v) is 5.23. The molecule has 1 aromatic heterocycles. The number of rotatable bonds is 6. The van der Waals surface area contributed by atoms with E-state index in [1.165, 1.54) is 30.2 Å². The molecule has 0 spiro atoms. The van der Waals surface area contributed by atoms with Crippen molar-refractivity contribution in [3.8, 4) is 0 Å². The maximum atomic E-state index is 12.3. The van der Waals surface area contributed by atoms with Gasteiger partial charge in [0.05, 0.1) is 0 Å². The Morgan fingerprint density at radius 1 is 1.21 bits per heavy atom. The highest BCUT2D eigenvalue weighted by Crippen LogP contribution is 2.21. The highest BCUT2D eigenvalue weighted by atomic mass is 16.1. The lowest BCUT2D eigenvalue weighted by molar-refractivity contribution is -0.121. The van der Waals surface area contributed by atoms with E-state index in [9.17, 15) is 4.79 Å². The summed E-state index contributed by atoms with van der Waals surface area (Å²) in [5.41, 5.74) is 2.40. The van der Waals surface area contributed by atoms with Crippen LogP contribution in [-0.4, -0.2) is 41.0 Å². The predicted molar refractivity (Wildman–Crippen MR) is 99.1 cm³/mol. The van der Waals surface area contributed by atoms with E-state index in [0.29, 0.717) is 6.42 Å². The summed E-state index contributed by atoms with van der Waals surface area (Å²) in [4.78, 5) is 18.0. The third kappa shape index (κ3) is 3.99. The number of hydrogen-bond acceptors (Lipinski definition) is 2. The fourth-order valence-corrected chi connectivity index (χ4v) is 3.60. The molecule has 24 heavy (non-hydrogen) atoms. The Bertz CT molecular complexity index is 683. The molecule has 0 radical (unpaired) electrons. The van der Waals surface area contributed by atoms with Crippen LogP contribution in [-0.2, 0) is 11.2 Å². The molecule has 1 aliphatic heterocycles. The molecule has 1 fully saturated rings. The number of benzene rings is 1. The first kappa shape index (κ1) is 17.0. The van der Waals surface area contributed by atoms with Crippen LogP contribution in [0.15, 0.2) is 30.5 Å². The van der Waals surface area contributed by atoms with E-state index in [-0.39, 0.29) is 11.4 Å². The number of piperidine rings is 1. The number of carbonyl (C=O) groups excluding carboxylic acids is 1.